The molecule has 2 amide bonds. The average molecular weight is 475 g/mol. The molecule has 178 valence electrons. The quantitative estimate of drug-likeness (QED) is 0.644. The van der Waals surface area contributed by atoms with Crippen LogP contribution < -0.4 is 4.74 Å². The van der Waals surface area contributed by atoms with Gasteiger partial charge in [-0.1, -0.05) is 0 Å². The molecule has 0 N–H and O–H groups in total. The van der Waals surface area contributed by atoms with Crippen molar-refractivity contribution in [3.8, 4) is 5.75 Å². The number of piperazine rings is 1. The third-order valence-electron chi connectivity index (χ3n) is 6.41. The Morgan fingerprint density at radius 3 is 2.48 bits per heavy atom. The van der Waals surface area contributed by atoms with Crippen molar-refractivity contribution in [2.24, 2.45) is 5.92 Å². The molecule has 4 rings (SSSR count). The Kier molecular flexibility index (Phi) is 7.60. The van der Waals surface area contributed by atoms with Crippen molar-refractivity contribution in [1.29, 1.82) is 0 Å². The number of aryl methyl sites for hydroxylation is 1. The summed E-state index contributed by atoms with van der Waals surface area (Å²) in [7, 11) is 2.06. The summed E-state index contributed by atoms with van der Waals surface area (Å²) in [6.07, 6.45) is 1.01. The van der Waals surface area contributed by atoms with Crippen molar-refractivity contribution in [3.05, 3.63) is 46.2 Å². The van der Waals surface area contributed by atoms with Gasteiger partial charge < -0.3 is 19.4 Å². The minimum atomic E-state index is -0.318. The highest BCUT2D eigenvalue weighted by molar-refractivity contribution is 7.09. The van der Waals surface area contributed by atoms with Crippen LogP contribution in [0.1, 0.15) is 23.5 Å². The van der Waals surface area contributed by atoms with E-state index < -0.39 is 0 Å². The molecule has 0 unspecified atom stereocenters. The van der Waals surface area contributed by atoms with Crippen LogP contribution in [0.5, 0.6) is 5.75 Å². The smallest absolute Gasteiger partial charge is 0.228 e. The third kappa shape index (κ3) is 6.29. The van der Waals surface area contributed by atoms with Crippen LogP contribution in [-0.2, 0) is 16.0 Å². The molecule has 9 heteroatoms. The molecule has 1 aromatic heterocycles. The van der Waals surface area contributed by atoms with E-state index in [0.29, 0.717) is 31.7 Å². The predicted molar refractivity (Wildman–Crippen MR) is 125 cm³/mol. The van der Waals surface area contributed by atoms with Crippen molar-refractivity contribution in [1.82, 2.24) is 19.7 Å². The van der Waals surface area contributed by atoms with Gasteiger partial charge in [-0.2, -0.15) is 0 Å². The Balaban J connectivity index is 1.43. The number of nitrogens with zero attached hydrogens (tertiary/aromatic N) is 4. The number of halogens is 1. The maximum atomic E-state index is 13.3. The summed E-state index contributed by atoms with van der Waals surface area (Å²) >= 11 is 1.54. The highest BCUT2D eigenvalue weighted by atomic mass is 32.1. The van der Waals surface area contributed by atoms with Gasteiger partial charge in [0.1, 0.15) is 17.7 Å². The topological polar surface area (TPSA) is 66.0 Å². The van der Waals surface area contributed by atoms with Gasteiger partial charge >= 0.3 is 0 Å². The number of aromatic nitrogens is 1. The van der Waals surface area contributed by atoms with Crippen LogP contribution in [0, 0.1) is 18.7 Å². The van der Waals surface area contributed by atoms with E-state index in [-0.39, 0.29) is 36.1 Å². The molecule has 0 spiro atoms. The van der Waals surface area contributed by atoms with Crippen LogP contribution in [0.25, 0.3) is 0 Å². The number of benzene rings is 1. The molecule has 0 aliphatic carbocycles. The van der Waals surface area contributed by atoms with E-state index in [9.17, 15) is 14.0 Å². The van der Waals surface area contributed by atoms with Crippen molar-refractivity contribution < 1.29 is 18.7 Å². The number of rotatable bonds is 6. The molecule has 2 atom stereocenters. The number of amides is 2. The number of hydrogen-bond acceptors (Lipinski definition) is 6. The molecule has 33 heavy (non-hydrogen) atoms. The summed E-state index contributed by atoms with van der Waals surface area (Å²) in [4.78, 5) is 36.4. The highest BCUT2D eigenvalue weighted by Crippen LogP contribution is 2.27. The van der Waals surface area contributed by atoms with Gasteiger partial charge in [-0.15, -0.1) is 11.3 Å². The molecule has 2 aliphatic heterocycles. The van der Waals surface area contributed by atoms with E-state index in [4.69, 9.17) is 4.74 Å². The van der Waals surface area contributed by atoms with Gasteiger partial charge in [0.15, 0.2) is 0 Å². The first kappa shape index (κ1) is 23.6. The maximum absolute atomic E-state index is 13.3. The highest BCUT2D eigenvalue weighted by Gasteiger charge is 2.35. The Morgan fingerprint density at radius 1 is 1.09 bits per heavy atom. The number of carbonyl (C=O) groups excluding carboxylic acids is 2. The first-order valence-electron chi connectivity index (χ1n) is 11.4. The number of carbonyl (C=O) groups is 2. The monoisotopic (exact) mass is 474 g/mol. The van der Waals surface area contributed by atoms with E-state index in [1.165, 1.54) is 23.5 Å². The minimum Gasteiger partial charge on any atom is -0.490 e. The lowest BCUT2D eigenvalue weighted by Crippen LogP contribution is -2.52. The number of likely N-dealkylation sites (N-methyl/N-ethyl adjacent to an activating group) is 1. The van der Waals surface area contributed by atoms with E-state index >= 15 is 0 Å². The zero-order chi connectivity index (χ0) is 23.4. The van der Waals surface area contributed by atoms with Gasteiger partial charge in [-0.25, -0.2) is 9.37 Å². The Labute approximate surface area is 198 Å². The van der Waals surface area contributed by atoms with Crippen LogP contribution in [0.15, 0.2) is 29.6 Å². The Morgan fingerprint density at radius 2 is 1.82 bits per heavy atom. The fraction of sp³-hybridized carbons (Fsp3) is 0.542. The molecular formula is C24H31FN4O3S. The van der Waals surface area contributed by atoms with Gasteiger partial charge in [0.2, 0.25) is 11.8 Å². The summed E-state index contributed by atoms with van der Waals surface area (Å²) in [6.45, 7) is 6.12. The molecule has 1 aromatic carbocycles. The minimum absolute atomic E-state index is 0.0255. The number of ether oxygens (including phenoxy) is 1. The van der Waals surface area contributed by atoms with Gasteiger partial charge in [0.25, 0.3) is 0 Å². The van der Waals surface area contributed by atoms with E-state index in [1.807, 2.05) is 22.1 Å². The molecule has 2 aromatic rings. The van der Waals surface area contributed by atoms with Crippen molar-refractivity contribution >= 4 is 23.2 Å². The van der Waals surface area contributed by atoms with Crippen LogP contribution >= 0.6 is 11.3 Å². The van der Waals surface area contributed by atoms with Crippen LogP contribution in [-0.4, -0.2) is 83.9 Å². The molecule has 3 heterocycles. The van der Waals surface area contributed by atoms with Crippen molar-refractivity contribution in [2.45, 2.75) is 32.3 Å². The Hall–Kier alpha value is -2.52. The zero-order valence-electron chi connectivity index (χ0n) is 19.2. The third-order valence-corrected chi connectivity index (χ3v) is 7.23. The zero-order valence-corrected chi connectivity index (χ0v) is 20.0. The largest absolute Gasteiger partial charge is 0.490 e. The molecular weight excluding hydrogens is 443 g/mol. The normalized spacial score (nSPS) is 21.8. The summed E-state index contributed by atoms with van der Waals surface area (Å²) in [5.41, 5.74) is 0.789. The fourth-order valence-electron chi connectivity index (χ4n) is 4.44. The first-order valence-corrected chi connectivity index (χ1v) is 12.3. The molecule has 0 bridgehead atoms. The van der Waals surface area contributed by atoms with Crippen molar-refractivity contribution in [3.63, 3.8) is 0 Å². The SMILES string of the molecule is Cc1nc(CC(=O)N2CC[C@H](Oc3ccc(F)cc3)[C@@H](CC(=O)N3CCN(C)CC3)C2)cs1. The molecule has 2 saturated heterocycles. The lowest BCUT2D eigenvalue weighted by molar-refractivity contribution is -0.139. The molecule has 0 radical (unpaired) electrons. The standard InChI is InChI=1S/C24H31FN4O3S/c1-17-26-20(16-33-17)14-24(31)29-8-7-22(32-21-5-3-19(25)4-6-21)18(15-29)13-23(30)28-11-9-27(2)10-12-28/h3-6,16,18,22H,7-15H2,1-2H3/t18-,22-/m0/s1. The lowest BCUT2D eigenvalue weighted by atomic mass is 9.90. The fourth-order valence-corrected chi connectivity index (χ4v) is 5.05. The summed E-state index contributed by atoms with van der Waals surface area (Å²) in [6, 6.07) is 5.95. The molecule has 2 aliphatic rings. The molecule has 0 saturated carbocycles. The van der Waals surface area contributed by atoms with Gasteiger partial charge in [0, 0.05) is 63.4 Å². The lowest BCUT2D eigenvalue weighted by Gasteiger charge is -2.40. The van der Waals surface area contributed by atoms with E-state index in [0.717, 1.165) is 36.9 Å². The second-order valence-corrected chi connectivity index (χ2v) is 9.98. The number of likely N-dealkylation sites (tertiary alicyclic amines) is 1. The molecule has 7 nitrogen and oxygen atoms in total. The Bertz CT molecular complexity index is 959. The van der Waals surface area contributed by atoms with Gasteiger partial charge in [0.05, 0.1) is 17.1 Å². The summed E-state index contributed by atoms with van der Waals surface area (Å²) < 4.78 is 19.5. The maximum Gasteiger partial charge on any atom is 0.228 e. The van der Waals surface area contributed by atoms with Crippen molar-refractivity contribution in [2.75, 3.05) is 46.3 Å². The molecule has 2 fully saturated rings. The summed E-state index contributed by atoms with van der Waals surface area (Å²) in [5, 5.41) is 2.87. The second-order valence-electron chi connectivity index (χ2n) is 8.92. The van der Waals surface area contributed by atoms with Crippen LogP contribution in [0.4, 0.5) is 4.39 Å². The van der Waals surface area contributed by atoms with Gasteiger partial charge in [-0.3, -0.25) is 9.59 Å². The van der Waals surface area contributed by atoms with Gasteiger partial charge in [-0.05, 0) is 38.2 Å². The summed E-state index contributed by atoms with van der Waals surface area (Å²) in [5.74, 6) is 0.262. The number of hydrogen-bond donors (Lipinski definition) is 0. The van der Waals surface area contributed by atoms with E-state index in [1.54, 1.807) is 12.1 Å². The van der Waals surface area contributed by atoms with Crippen LogP contribution in [0.2, 0.25) is 0 Å². The average Bonchev–Trinajstić information content (AvgIpc) is 3.21. The second kappa shape index (κ2) is 10.6. The predicted octanol–water partition coefficient (Wildman–Crippen LogP) is 2.59. The van der Waals surface area contributed by atoms with Crippen LogP contribution in [0.3, 0.4) is 0 Å². The van der Waals surface area contributed by atoms with E-state index in [2.05, 4.69) is 16.9 Å². The number of piperidine rings is 1. The number of thiazole rings is 1. The first-order chi connectivity index (χ1) is 15.9.